The predicted molar refractivity (Wildman–Crippen MR) is 70.0 cm³/mol. The zero-order valence-electron chi connectivity index (χ0n) is 11.5. The van der Waals surface area contributed by atoms with Crippen LogP contribution in [0.25, 0.3) is 0 Å². The minimum Gasteiger partial charge on any atom is -0.394 e. The molecule has 0 aromatic heterocycles. The van der Waals surface area contributed by atoms with Crippen molar-refractivity contribution in [3.8, 4) is 0 Å². The molecular weight excluding hydrogens is 254 g/mol. The number of rotatable bonds is 15. The molecule has 0 heterocycles. The van der Waals surface area contributed by atoms with Gasteiger partial charge in [0.05, 0.1) is 52.9 Å². The fraction of sp³-hybridized carbons (Fsp3) is 1.00. The van der Waals surface area contributed by atoms with Crippen molar-refractivity contribution in [1.82, 2.24) is 0 Å². The van der Waals surface area contributed by atoms with Gasteiger partial charge >= 0.3 is 0 Å². The topological polar surface area (TPSA) is 103 Å². The van der Waals surface area contributed by atoms with Crippen molar-refractivity contribution >= 4 is 0 Å². The molecule has 1 unspecified atom stereocenters. The number of ether oxygens (including phenoxy) is 4. The van der Waals surface area contributed by atoms with Crippen LogP contribution in [0.4, 0.5) is 0 Å². The van der Waals surface area contributed by atoms with E-state index in [1.807, 2.05) is 0 Å². The highest BCUT2D eigenvalue weighted by Gasteiger charge is 2.00. The number of hydrogen-bond acceptors (Lipinski definition) is 7. The summed E-state index contributed by atoms with van der Waals surface area (Å²) < 4.78 is 20.8. The summed E-state index contributed by atoms with van der Waals surface area (Å²) in [6, 6.07) is 0. The standard InChI is InChI=1S/C12H27NO6/c13-2-1-3-16-4-5-17-6-7-18-8-9-19-11-12(15)10-14/h12,14-15H,1-11,13H2. The number of aliphatic hydroxyl groups is 2. The first-order valence-corrected chi connectivity index (χ1v) is 6.61. The molecule has 0 rings (SSSR count). The highest BCUT2D eigenvalue weighted by Crippen LogP contribution is 1.86. The molecule has 0 spiro atoms. The van der Waals surface area contributed by atoms with Crippen molar-refractivity contribution < 1.29 is 29.2 Å². The highest BCUT2D eigenvalue weighted by atomic mass is 16.6. The number of aliphatic hydroxyl groups excluding tert-OH is 2. The maximum atomic E-state index is 8.98. The Kier molecular flexibility index (Phi) is 15.5. The first-order valence-electron chi connectivity index (χ1n) is 6.61. The monoisotopic (exact) mass is 281 g/mol. The van der Waals surface area contributed by atoms with Crippen molar-refractivity contribution in [3.05, 3.63) is 0 Å². The Hall–Kier alpha value is -0.280. The van der Waals surface area contributed by atoms with Crippen LogP contribution in [0.2, 0.25) is 0 Å². The van der Waals surface area contributed by atoms with Gasteiger partial charge in [-0.25, -0.2) is 0 Å². The van der Waals surface area contributed by atoms with E-state index in [4.69, 9.17) is 34.9 Å². The molecule has 0 aromatic carbocycles. The molecule has 0 saturated carbocycles. The van der Waals surface area contributed by atoms with E-state index in [-0.39, 0.29) is 13.2 Å². The smallest absolute Gasteiger partial charge is 0.100 e. The Bertz CT molecular complexity index is 172. The largest absolute Gasteiger partial charge is 0.394 e. The van der Waals surface area contributed by atoms with Crippen molar-refractivity contribution in [2.75, 3.05) is 66.0 Å². The molecule has 0 bridgehead atoms. The van der Waals surface area contributed by atoms with Crippen LogP contribution >= 0.6 is 0 Å². The molecule has 0 amide bonds. The molecule has 0 aromatic rings. The zero-order valence-corrected chi connectivity index (χ0v) is 11.5. The molecule has 19 heavy (non-hydrogen) atoms. The summed E-state index contributed by atoms with van der Waals surface area (Å²) in [6.07, 6.45) is 0.0521. The average molecular weight is 281 g/mol. The summed E-state index contributed by atoms with van der Waals surface area (Å²) in [4.78, 5) is 0. The van der Waals surface area contributed by atoms with E-state index in [2.05, 4.69) is 0 Å². The summed E-state index contributed by atoms with van der Waals surface area (Å²) in [7, 11) is 0. The lowest BCUT2D eigenvalue weighted by Gasteiger charge is -2.09. The van der Waals surface area contributed by atoms with E-state index >= 15 is 0 Å². The maximum absolute atomic E-state index is 8.98. The van der Waals surface area contributed by atoms with Gasteiger partial charge in [0.1, 0.15) is 6.10 Å². The zero-order chi connectivity index (χ0) is 14.2. The minimum absolute atomic E-state index is 0.122. The van der Waals surface area contributed by atoms with Crippen LogP contribution in [0.15, 0.2) is 0 Å². The molecular formula is C12H27NO6. The third-order valence-electron chi connectivity index (χ3n) is 2.13. The van der Waals surface area contributed by atoms with Gasteiger partial charge in [0.15, 0.2) is 0 Å². The van der Waals surface area contributed by atoms with Crippen LogP contribution < -0.4 is 5.73 Å². The third-order valence-corrected chi connectivity index (χ3v) is 2.13. The number of nitrogens with two attached hydrogens (primary N) is 1. The van der Waals surface area contributed by atoms with E-state index in [9.17, 15) is 0 Å². The Morgan fingerprint density at radius 3 is 1.74 bits per heavy atom. The van der Waals surface area contributed by atoms with Gasteiger partial charge in [-0.1, -0.05) is 0 Å². The second-order valence-corrected chi connectivity index (χ2v) is 3.89. The molecule has 0 aliphatic carbocycles. The molecule has 0 fully saturated rings. The third kappa shape index (κ3) is 15.7. The Balaban J connectivity index is 2.95. The van der Waals surface area contributed by atoms with Gasteiger partial charge in [-0.15, -0.1) is 0 Å². The van der Waals surface area contributed by atoms with Crippen molar-refractivity contribution in [2.24, 2.45) is 5.73 Å². The minimum atomic E-state index is -0.817. The quantitative estimate of drug-likeness (QED) is 0.322. The number of hydrogen-bond donors (Lipinski definition) is 3. The molecule has 1 atom stereocenters. The van der Waals surface area contributed by atoms with Crippen molar-refractivity contribution in [1.29, 1.82) is 0 Å². The first kappa shape index (κ1) is 18.7. The first-order chi connectivity index (χ1) is 9.31. The van der Waals surface area contributed by atoms with Gasteiger partial charge in [-0.05, 0) is 13.0 Å². The van der Waals surface area contributed by atoms with Gasteiger partial charge in [-0.3, -0.25) is 0 Å². The lowest BCUT2D eigenvalue weighted by molar-refractivity contribution is -0.0267. The lowest BCUT2D eigenvalue weighted by atomic mass is 10.4. The van der Waals surface area contributed by atoms with Gasteiger partial charge in [-0.2, -0.15) is 0 Å². The van der Waals surface area contributed by atoms with Crippen LogP contribution in [0.3, 0.4) is 0 Å². The summed E-state index contributed by atoms with van der Waals surface area (Å²) >= 11 is 0. The van der Waals surface area contributed by atoms with E-state index < -0.39 is 6.10 Å². The molecule has 0 radical (unpaired) electrons. The maximum Gasteiger partial charge on any atom is 0.100 e. The summed E-state index contributed by atoms with van der Waals surface area (Å²) in [5, 5.41) is 17.5. The molecule has 0 aliphatic rings. The molecule has 116 valence electrons. The normalized spacial score (nSPS) is 12.8. The van der Waals surface area contributed by atoms with Crippen LogP contribution in [0, 0.1) is 0 Å². The fourth-order valence-corrected chi connectivity index (χ4v) is 1.12. The summed E-state index contributed by atoms with van der Waals surface area (Å²) in [5.41, 5.74) is 5.32. The van der Waals surface area contributed by atoms with Crippen LogP contribution in [-0.2, 0) is 18.9 Å². The van der Waals surface area contributed by atoms with Gasteiger partial charge in [0.2, 0.25) is 0 Å². The van der Waals surface area contributed by atoms with E-state index in [1.165, 1.54) is 0 Å². The fourth-order valence-electron chi connectivity index (χ4n) is 1.12. The van der Waals surface area contributed by atoms with Gasteiger partial charge in [0, 0.05) is 6.61 Å². The summed E-state index contributed by atoms with van der Waals surface area (Å²) in [6.45, 7) is 4.11. The Morgan fingerprint density at radius 1 is 0.789 bits per heavy atom. The Labute approximate surface area is 114 Å². The Morgan fingerprint density at radius 2 is 1.26 bits per heavy atom. The van der Waals surface area contributed by atoms with Crippen LogP contribution in [-0.4, -0.2) is 82.3 Å². The second kappa shape index (κ2) is 15.8. The average Bonchev–Trinajstić information content (AvgIpc) is 2.43. The molecule has 0 saturated heterocycles. The van der Waals surface area contributed by atoms with Gasteiger partial charge in [0.25, 0.3) is 0 Å². The van der Waals surface area contributed by atoms with Gasteiger partial charge < -0.3 is 34.9 Å². The van der Waals surface area contributed by atoms with E-state index in [1.54, 1.807) is 0 Å². The lowest BCUT2D eigenvalue weighted by Crippen LogP contribution is -2.21. The van der Waals surface area contributed by atoms with E-state index in [0.717, 1.165) is 6.42 Å². The van der Waals surface area contributed by atoms with Crippen molar-refractivity contribution in [2.45, 2.75) is 12.5 Å². The highest BCUT2D eigenvalue weighted by molar-refractivity contribution is 4.48. The summed E-state index contributed by atoms with van der Waals surface area (Å²) in [5.74, 6) is 0. The predicted octanol–water partition coefficient (Wildman–Crippen LogP) is -1.25. The molecule has 4 N–H and O–H groups in total. The van der Waals surface area contributed by atoms with Crippen LogP contribution in [0.5, 0.6) is 0 Å². The molecule has 0 aliphatic heterocycles. The molecule has 7 heteroatoms. The van der Waals surface area contributed by atoms with E-state index in [0.29, 0.717) is 52.8 Å². The SMILES string of the molecule is NCCCOCCOCCOCCOCC(O)CO. The van der Waals surface area contributed by atoms with Crippen LogP contribution in [0.1, 0.15) is 6.42 Å². The second-order valence-electron chi connectivity index (χ2n) is 3.89. The van der Waals surface area contributed by atoms with Crippen molar-refractivity contribution in [3.63, 3.8) is 0 Å². The molecule has 7 nitrogen and oxygen atoms in total.